The highest BCUT2D eigenvalue weighted by Gasteiger charge is 2.12. The van der Waals surface area contributed by atoms with Gasteiger partial charge in [0.15, 0.2) is 12.0 Å². The molecule has 0 unspecified atom stereocenters. The number of hydrogen-bond donors (Lipinski definition) is 5. The largest absolute Gasteiger partial charge is 0.505 e. The van der Waals surface area contributed by atoms with Crippen LogP contribution in [-0.4, -0.2) is 41.4 Å². The lowest BCUT2D eigenvalue weighted by Crippen LogP contribution is -2.12. The molecule has 5 N–H and O–H groups in total. The summed E-state index contributed by atoms with van der Waals surface area (Å²) >= 11 is 0. The van der Waals surface area contributed by atoms with Gasteiger partial charge < -0.3 is 25.4 Å². The molecule has 0 saturated carbocycles. The maximum Gasteiger partial charge on any atom is 0.290 e. The molecule has 184 valence electrons. The van der Waals surface area contributed by atoms with Crippen molar-refractivity contribution in [2.24, 2.45) is 5.10 Å². The van der Waals surface area contributed by atoms with Gasteiger partial charge in [-0.1, -0.05) is 12.1 Å². The molecule has 0 fully saturated rings. The minimum absolute atomic E-state index is 0.0337. The van der Waals surface area contributed by atoms with Crippen molar-refractivity contribution in [3.8, 4) is 17.1 Å². The summed E-state index contributed by atoms with van der Waals surface area (Å²) in [6, 6.07) is 15.3. The van der Waals surface area contributed by atoms with Gasteiger partial charge in [-0.25, -0.2) is 0 Å². The third kappa shape index (κ3) is 7.56. The summed E-state index contributed by atoms with van der Waals surface area (Å²) in [7, 11) is 1.97. The molecule has 9 nitrogen and oxygen atoms in total. The van der Waals surface area contributed by atoms with Crippen molar-refractivity contribution < 1.29 is 24.2 Å². The van der Waals surface area contributed by atoms with Crippen molar-refractivity contribution in [1.29, 1.82) is 5.41 Å². The fraction of sp³-hybridized carbons (Fsp3) is 0.231. The fourth-order valence-electron chi connectivity index (χ4n) is 3.46. The number of aromatic hydroxyl groups is 1. The zero-order valence-corrected chi connectivity index (χ0v) is 20.0. The SMILES string of the molecule is CC(=N)/C(C=O)=N/Nc1cccc(-c2ccc(C)o2)c1O.CNc1ccc2c(c1)CCC2.O=CO. The number of carboxylic acid groups (broad SMARTS) is 1. The number of aldehydes is 1. The van der Waals surface area contributed by atoms with Crippen molar-refractivity contribution in [1.82, 2.24) is 0 Å². The number of hydrazone groups is 1. The van der Waals surface area contributed by atoms with Gasteiger partial charge in [-0.3, -0.25) is 15.0 Å². The Hall–Kier alpha value is -4.40. The molecule has 0 aliphatic heterocycles. The van der Waals surface area contributed by atoms with Crippen LogP contribution in [0.1, 0.15) is 30.2 Å². The summed E-state index contributed by atoms with van der Waals surface area (Å²) in [6.45, 7) is 3.02. The molecule has 2 aromatic carbocycles. The fourth-order valence-corrected chi connectivity index (χ4v) is 3.46. The second kappa shape index (κ2) is 13.3. The second-order valence-corrected chi connectivity index (χ2v) is 7.66. The molecule has 0 bridgehead atoms. The Morgan fingerprint density at radius 2 is 1.83 bits per heavy atom. The molecule has 0 spiro atoms. The standard InChI is InChI=1S/C15H15N3O3.C10H13N.CH2O2/c1-9-6-7-14(21-9)11-4-3-5-12(15(11)20)17-18-13(8-19)10(2)16;1-11-10-6-5-8-3-2-4-9(8)7-10;2-1-3/h3-8,16-17,20H,1-2H3;5-7,11H,2-4H2,1H3;1H,(H,2,3)/b16-10?,18-13+;;. The smallest absolute Gasteiger partial charge is 0.290 e. The van der Waals surface area contributed by atoms with Gasteiger partial charge in [0.2, 0.25) is 0 Å². The number of benzene rings is 2. The van der Waals surface area contributed by atoms with Crippen LogP contribution in [0.3, 0.4) is 0 Å². The number of aryl methyl sites for hydroxylation is 3. The predicted octanol–water partition coefficient (Wildman–Crippen LogP) is 4.88. The number of carbonyl (C=O) groups excluding carboxylic acids is 1. The van der Waals surface area contributed by atoms with E-state index in [9.17, 15) is 9.90 Å². The van der Waals surface area contributed by atoms with Crippen LogP contribution in [0.4, 0.5) is 11.4 Å². The molecule has 3 aromatic rings. The Morgan fingerprint density at radius 3 is 2.43 bits per heavy atom. The van der Waals surface area contributed by atoms with Gasteiger partial charge in [0.1, 0.15) is 17.2 Å². The first-order valence-electron chi connectivity index (χ1n) is 10.9. The molecule has 1 aliphatic rings. The van der Waals surface area contributed by atoms with E-state index >= 15 is 0 Å². The molecule has 0 atom stereocenters. The first-order chi connectivity index (χ1) is 16.8. The third-order valence-electron chi connectivity index (χ3n) is 5.22. The Bertz CT molecular complexity index is 1200. The van der Waals surface area contributed by atoms with Gasteiger partial charge in [0.25, 0.3) is 6.47 Å². The van der Waals surface area contributed by atoms with E-state index in [1.807, 2.05) is 14.0 Å². The number of nitrogens with one attached hydrogen (secondary N) is 3. The van der Waals surface area contributed by atoms with Crippen molar-refractivity contribution in [2.45, 2.75) is 33.1 Å². The molecule has 1 aliphatic carbocycles. The van der Waals surface area contributed by atoms with Crippen LogP contribution in [0.25, 0.3) is 11.3 Å². The summed E-state index contributed by atoms with van der Waals surface area (Å²) in [5.41, 5.74) is 7.75. The van der Waals surface area contributed by atoms with E-state index in [-0.39, 0.29) is 23.6 Å². The average molecular weight is 479 g/mol. The maximum absolute atomic E-state index is 10.8. The monoisotopic (exact) mass is 478 g/mol. The van der Waals surface area contributed by atoms with Gasteiger partial charge in [0.05, 0.1) is 17.0 Å². The van der Waals surface area contributed by atoms with Crippen LogP contribution in [0.5, 0.6) is 5.75 Å². The number of furan rings is 1. The van der Waals surface area contributed by atoms with E-state index in [2.05, 4.69) is 34.0 Å². The lowest BCUT2D eigenvalue weighted by Gasteiger charge is -2.08. The number of para-hydroxylation sites is 1. The molecule has 1 heterocycles. The number of rotatable bonds is 6. The van der Waals surface area contributed by atoms with Gasteiger partial charge >= 0.3 is 0 Å². The van der Waals surface area contributed by atoms with Crippen molar-refractivity contribution in [3.05, 3.63) is 65.4 Å². The molecule has 35 heavy (non-hydrogen) atoms. The maximum atomic E-state index is 10.8. The normalized spacial score (nSPS) is 11.7. The Balaban J connectivity index is 0.000000256. The molecule has 4 rings (SSSR count). The molecular weight excluding hydrogens is 448 g/mol. The van der Waals surface area contributed by atoms with Crippen molar-refractivity contribution >= 4 is 35.6 Å². The topological polar surface area (TPSA) is 148 Å². The number of phenolic OH excluding ortho intramolecular Hbond substituents is 1. The first-order valence-corrected chi connectivity index (χ1v) is 10.9. The predicted molar refractivity (Wildman–Crippen MR) is 138 cm³/mol. The number of nitrogens with zero attached hydrogens (tertiary/aromatic N) is 1. The van der Waals surface area contributed by atoms with Crippen molar-refractivity contribution in [3.63, 3.8) is 0 Å². The average Bonchev–Trinajstić information content (AvgIpc) is 3.49. The lowest BCUT2D eigenvalue weighted by molar-refractivity contribution is -0.122. The molecule has 0 saturated heterocycles. The minimum atomic E-state index is -0.250. The zero-order chi connectivity index (χ0) is 25.8. The van der Waals surface area contributed by atoms with Crippen LogP contribution >= 0.6 is 0 Å². The third-order valence-corrected chi connectivity index (χ3v) is 5.22. The summed E-state index contributed by atoms with van der Waals surface area (Å²) in [5, 5.41) is 31.5. The van der Waals surface area contributed by atoms with E-state index in [0.29, 0.717) is 23.3 Å². The second-order valence-electron chi connectivity index (χ2n) is 7.66. The lowest BCUT2D eigenvalue weighted by atomic mass is 10.1. The Kier molecular flexibility index (Phi) is 10.2. The van der Waals surface area contributed by atoms with E-state index < -0.39 is 0 Å². The van der Waals surface area contributed by atoms with E-state index in [1.165, 1.54) is 37.4 Å². The van der Waals surface area contributed by atoms with E-state index in [4.69, 9.17) is 19.7 Å². The molecular formula is C26H30N4O5. The van der Waals surface area contributed by atoms with Gasteiger partial charge in [-0.05, 0) is 80.6 Å². The van der Waals surface area contributed by atoms with Crippen LogP contribution < -0.4 is 10.7 Å². The summed E-state index contributed by atoms with van der Waals surface area (Å²) in [4.78, 5) is 19.1. The number of fused-ring (bicyclic) bond motifs is 1. The van der Waals surface area contributed by atoms with Gasteiger partial charge in [0, 0.05) is 12.7 Å². The van der Waals surface area contributed by atoms with Crippen LogP contribution in [0.2, 0.25) is 0 Å². The van der Waals surface area contributed by atoms with E-state index in [1.54, 1.807) is 35.9 Å². The highest BCUT2D eigenvalue weighted by molar-refractivity contribution is 6.60. The van der Waals surface area contributed by atoms with Gasteiger partial charge in [-0.15, -0.1) is 0 Å². The van der Waals surface area contributed by atoms with Gasteiger partial charge in [-0.2, -0.15) is 5.10 Å². The molecule has 0 amide bonds. The van der Waals surface area contributed by atoms with Crippen LogP contribution in [-0.2, 0) is 22.4 Å². The first kappa shape index (κ1) is 26.8. The summed E-state index contributed by atoms with van der Waals surface area (Å²) < 4.78 is 5.48. The minimum Gasteiger partial charge on any atom is -0.505 e. The number of carbonyl (C=O) groups is 2. The molecule has 9 heteroatoms. The number of phenols is 1. The molecule has 0 radical (unpaired) electrons. The summed E-state index contributed by atoms with van der Waals surface area (Å²) in [6.07, 6.45) is 4.36. The molecule has 1 aromatic heterocycles. The zero-order valence-electron chi connectivity index (χ0n) is 20.0. The highest BCUT2D eigenvalue weighted by atomic mass is 16.3. The van der Waals surface area contributed by atoms with Crippen LogP contribution in [0.15, 0.2) is 58.0 Å². The van der Waals surface area contributed by atoms with E-state index in [0.717, 1.165) is 5.76 Å². The van der Waals surface area contributed by atoms with Crippen molar-refractivity contribution in [2.75, 3.05) is 17.8 Å². The van der Waals surface area contributed by atoms with Crippen LogP contribution in [0, 0.1) is 12.3 Å². The number of hydrogen-bond acceptors (Lipinski definition) is 8. The summed E-state index contributed by atoms with van der Waals surface area (Å²) in [5.74, 6) is 1.24. The quantitative estimate of drug-likeness (QED) is 0.147. The highest BCUT2D eigenvalue weighted by Crippen LogP contribution is 2.36. The number of anilines is 2. The Labute approximate surface area is 204 Å². The Morgan fingerprint density at radius 1 is 1.11 bits per heavy atom.